The van der Waals surface area contributed by atoms with Gasteiger partial charge in [-0.05, 0) is 51.8 Å². The molecule has 2 heterocycles. The maximum atomic E-state index is 12.9. The first-order valence-corrected chi connectivity index (χ1v) is 10.9. The zero-order chi connectivity index (χ0) is 21.5. The number of carbonyl (C=O) groups excluding carboxylic acids is 2. The minimum Gasteiger partial charge on any atom is -0.497 e. The molecule has 2 aliphatic heterocycles. The number of hydrogen-bond donors (Lipinski definition) is 0. The zero-order valence-corrected chi connectivity index (χ0v) is 18.4. The van der Waals surface area contributed by atoms with Crippen LogP contribution in [0, 0.1) is 11.8 Å². The van der Waals surface area contributed by atoms with Gasteiger partial charge < -0.3 is 19.1 Å². The Morgan fingerprint density at radius 3 is 2.23 bits per heavy atom. The summed E-state index contributed by atoms with van der Waals surface area (Å²) in [6, 6.07) is 5.90. The van der Waals surface area contributed by atoms with Crippen LogP contribution in [-0.4, -0.2) is 68.7 Å². The van der Waals surface area contributed by atoms with Crippen LogP contribution < -0.4 is 9.47 Å². The lowest BCUT2D eigenvalue weighted by Gasteiger charge is -2.37. The predicted molar refractivity (Wildman–Crippen MR) is 113 cm³/mol. The summed E-state index contributed by atoms with van der Waals surface area (Å²) in [5.74, 6) is 1.77. The van der Waals surface area contributed by atoms with Gasteiger partial charge in [-0.15, -0.1) is 0 Å². The smallest absolute Gasteiger partial charge is 0.309 e. The van der Waals surface area contributed by atoms with E-state index in [2.05, 4.69) is 4.90 Å². The molecule has 7 heteroatoms. The van der Waals surface area contributed by atoms with Gasteiger partial charge in [0.25, 0.3) is 0 Å². The van der Waals surface area contributed by atoms with E-state index in [1.54, 1.807) is 14.2 Å². The monoisotopic (exact) mass is 418 g/mol. The quantitative estimate of drug-likeness (QED) is 0.635. The van der Waals surface area contributed by atoms with E-state index in [1.165, 1.54) is 0 Å². The SMILES string of the molecule is CCOC(=O)C1CCN(C(=O)C2CCN(Cc3ccc(OC)cc3OC)CC2)CC1. The van der Waals surface area contributed by atoms with Crippen LogP contribution in [-0.2, 0) is 20.9 Å². The highest BCUT2D eigenvalue weighted by Crippen LogP contribution is 2.29. The summed E-state index contributed by atoms with van der Waals surface area (Å²) in [6.45, 7) is 6.15. The Hall–Kier alpha value is -2.28. The van der Waals surface area contributed by atoms with Crippen molar-refractivity contribution in [2.24, 2.45) is 11.8 Å². The maximum Gasteiger partial charge on any atom is 0.309 e. The third-order valence-electron chi connectivity index (χ3n) is 6.25. The highest BCUT2D eigenvalue weighted by Gasteiger charge is 2.33. The highest BCUT2D eigenvalue weighted by atomic mass is 16.5. The third kappa shape index (κ3) is 5.45. The Kier molecular flexibility index (Phi) is 7.96. The number of amides is 1. The van der Waals surface area contributed by atoms with Gasteiger partial charge in [-0.1, -0.05) is 6.07 Å². The van der Waals surface area contributed by atoms with Gasteiger partial charge in [0.2, 0.25) is 5.91 Å². The van der Waals surface area contributed by atoms with Crippen molar-refractivity contribution in [2.75, 3.05) is 47.0 Å². The van der Waals surface area contributed by atoms with E-state index in [0.717, 1.165) is 49.5 Å². The number of benzene rings is 1. The molecule has 0 saturated carbocycles. The molecule has 1 aromatic carbocycles. The number of hydrogen-bond acceptors (Lipinski definition) is 6. The summed E-state index contributed by atoms with van der Waals surface area (Å²) >= 11 is 0. The van der Waals surface area contributed by atoms with E-state index in [9.17, 15) is 9.59 Å². The number of methoxy groups -OCH3 is 2. The third-order valence-corrected chi connectivity index (χ3v) is 6.25. The van der Waals surface area contributed by atoms with E-state index in [0.29, 0.717) is 32.5 Å². The normalized spacial score (nSPS) is 18.8. The molecule has 0 unspecified atom stereocenters. The average Bonchev–Trinajstić information content (AvgIpc) is 2.79. The van der Waals surface area contributed by atoms with Crippen LogP contribution in [0.1, 0.15) is 38.2 Å². The molecule has 7 nitrogen and oxygen atoms in total. The van der Waals surface area contributed by atoms with Gasteiger partial charge in [0, 0.05) is 37.2 Å². The van der Waals surface area contributed by atoms with E-state index < -0.39 is 0 Å². The van der Waals surface area contributed by atoms with Crippen LogP contribution in [0.25, 0.3) is 0 Å². The molecule has 0 aliphatic carbocycles. The first-order valence-electron chi connectivity index (χ1n) is 10.9. The maximum absolute atomic E-state index is 12.9. The highest BCUT2D eigenvalue weighted by molar-refractivity contribution is 5.79. The van der Waals surface area contributed by atoms with Crippen molar-refractivity contribution in [1.82, 2.24) is 9.80 Å². The molecule has 166 valence electrons. The van der Waals surface area contributed by atoms with Crippen LogP contribution in [0.15, 0.2) is 18.2 Å². The van der Waals surface area contributed by atoms with Crippen LogP contribution in [0.4, 0.5) is 0 Å². The molecule has 0 radical (unpaired) electrons. The van der Waals surface area contributed by atoms with Crippen molar-refractivity contribution in [3.63, 3.8) is 0 Å². The number of esters is 1. The second-order valence-electron chi connectivity index (χ2n) is 8.08. The molecular weight excluding hydrogens is 384 g/mol. The minimum atomic E-state index is -0.119. The fourth-order valence-corrected chi connectivity index (χ4v) is 4.42. The fourth-order valence-electron chi connectivity index (χ4n) is 4.42. The topological polar surface area (TPSA) is 68.3 Å². The van der Waals surface area contributed by atoms with E-state index in [1.807, 2.05) is 30.0 Å². The standard InChI is InChI=1S/C23H34N2O5/c1-4-30-23(27)18-9-13-25(14-10-18)22(26)17-7-11-24(12-8-17)16-19-5-6-20(28-2)15-21(19)29-3/h5-6,15,17-18H,4,7-14,16H2,1-3H3. The van der Waals surface area contributed by atoms with Gasteiger partial charge in [0.1, 0.15) is 11.5 Å². The summed E-state index contributed by atoms with van der Waals surface area (Å²) in [7, 11) is 3.32. The van der Waals surface area contributed by atoms with Crippen molar-refractivity contribution in [3.05, 3.63) is 23.8 Å². The molecule has 0 N–H and O–H groups in total. The van der Waals surface area contributed by atoms with Crippen LogP contribution in [0.2, 0.25) is 0 Å². The van der Waals surface area contributed by atoms with Crippen molar-refractivity contribution in [2.45, 2.75) is 39.2 Å². The van der Waals surface area contributed by atoms with Gasteiger partial charge in [0.15, 0.2) is 0 Å². The summed E-state index contributed by atoms with van der Waals surface area (Å²) in [5.41, 5.74) is 1.13. The number of ether oxygens (including phenoxy) is 3. The fraction of sp³-hybridized carbons (Fsp3) is 0.652. The Morgan fingerprint density at radius 2 is 1.63 bits per heavy atom. The molecular formula is C23H34N2O5. The predicted octanol–water partition coefficient (Wildman–Crippen LogP) is 2.72. The number of nitrogens with zero attached hydrogens (tertiary/aromatic N) is 2. The Balaban J connectivity index is 1.47. The summed E-state index contributed by atoms with van der Waals surface area (Å²) in [4.78, 5) is 29.2. The number of piperidine rings is 2. The van der Waals surface area contributed by atoms with Crippen LogP contribution >= 0.6 is 0 Å². The molecule has 1 aromatic rings. The average molecular weight is 419 g/mol. The Bertz CT molecular complexity index is 722. The molecule has 0 spiro atoms. The summed E-state index contributed by atoms with van der Waals surface area (Å²) in [6.07, 6.45) is 3.16. The lowest BCUT2D eigenvalue weighted by molar-refractivity contribution is -0.152. The Labute approximate surface area is 179 Å². The molecule has 2 fully saturated rings. The van der Waals surface area contributed by atoms with Crippen LogP contribution in [0.3, 0.4) is 0 Å². The van der Waals surface area contributed by atoms with Crippen molar-refractivity contribution in [3.8, 4) is 11.5 Å². The summed E-state index contributed by atoms with van der Waals surface area (Å²) < 4.78 is 15.9. The molecule has 0 atom stereocenters. The second kappa shape index (κ2) is 10.7. The van der Waals surface area contributed by atoms with Gasteiger partial charge in [0.05, 0.1) is 26.7 Å². The molecule has 0 aromatic heterocycles. The Morgan fingerprint density at radius 1 is 0.967 bits per heavy atom. The van der Waals surface area contributed by atoms with Crippen molar-refractivity contribution in [1.29, 1.82) is 0 Å². The van der Waals surface area contributed by atoms with E-state index in [4.69, 9.17) is 14.2 Å². The van der Waals surface area contributed by atoms with Gasteiger partial charge >= 0.3 is 5.97 Å². The molecule has 30 heavy (non-hydrogen) atoms. The van der Waals surface area contributed by atoms with Crippen molar-refractivity contribution < 1.29 is 23.8 Å². The zero-order valence-electron chi connectivity index (χ0n) is 18.4. The minimum absolute atomic E-state index is 0.0599. The number of carbonyl (C=O) groups is 2. The lowest BCUT2D eigenvalue weighted by Crippen LogP contribution is -2.46. The summed E-state index contributed by atoms with van der Waals surface area (Å²) in [5, 5.41) is 0. The first kappa shape index (κ1) is 22.4. The van der Waals surface area contributed by atoms with Crippen molar-refractivity contribution >= 4 is 11.9 Å². The molecule has 0 bridgehead atoms. The van der Waals surface area contributed by atoms with Gasteiger partial charge in [-0.25, -0.2) is 0 Å². The number of likely N-dealkylation sites (tertiary alicyclic amines) is 2. The molecule has 2 aliphatic rings. The molecule has 1 amide bonds. The van der Waals surface area contributed by atoms with E-state index in [-0.39, 0.29) is 23.7 Å². The van der Waals surface area contributed by atoms with Gasteiger partial charge in [-0.3, -0.25) is 14.5 Å². The van der Waals surface area contributed by atoms with Gasteiger partial charge in [-0.2, -0.15) is 0 Å². The number of rotatable bonds is 7. The lowest BCUT2D eigenvalue weighted by atomic mass is 9.92. The largest absolute Gasteiger partial charge is 0.497 e. The van der Waals surface area contributed by atoms with Crippen LogP contribution in [0.5, 0.6) is 11.5 Å². The first-order chi connectivity index (χ1) is 14.5. The second-order valence-corrected chi connectivity index (χ2v) is 8.08. The molecule has 2 saturated heterocycles. The van der Waals surface area contributed by atoms with E-state index >= 15 is 0 Å². The molecule has 3 rings (SSSR count).